The summed E-state index contributed by atoms with van der Waals surface area (Å²) >= 11 is 0. The molecule has 1 unspecified atom stereocenters. The van der Waals surface area contributed by atoms with Crippen LogP contribution in [-0.2, 0) is 22.0 Å². The Bertz CT molecular complexity index is 830. The first-order valence-corrected chi connectivity index (χ1v) is 10.3. The summed E-state index contributed by atoms with van der Waals surface area (Å²) in [6.45, 7) is 4.02. The van der Waals surface area contributed by atoms with Gasteiger partial charge in [0.05, 0.1) is 11.8 Å². The second-order valence-corrected chi connectivity index (χ2v) is 8.33. The molecule has 25 heavy (non-hydrogen) atoms. The average molecular weight is 360 g/mol. The number of anilines is 1. The van der Waals surface area contributed by atoms with Crippen molar-refractivity contribution in [3.63, 3.8) is 0 Å². The lowest BCUT2D eigenvalue weighted by molar-refractivity contribution is 0.249. The van der Waals surface area contributed by atoms with Gasteiger partial charge in [0, 0.05) is 11.9 Å². The van der Waals surface area contributed by atoms with Crippen LogP contribution >= 0.6 is 0 Å². The van der Waals surface area contributed by atoms with E-state index in [0.29, 0.717) is 11.3 Å². The molecule has 0 heterocycles. The highest BCUT2D eigenvalue weighted by Gasteiger charge is 2.10. The molecular weight excluding hydrogens is 336 g/mol. The van der Waals surface area contributed by atoms with Crippen LogP contribution in [0.2, 0.25) is 0 Å². The monoisotopic (exact) mass is 360 g/mol. The van der Waals surface area contributed by atoms with E-state index in [9.17, 15) is 13.2 Å². The number of benzene rings is 2. The van der Waals surface area contributed by atoms with Gasteiger partial charge in [-0.3, -0.25) is 0 Å². The predicted molar refractivity (Wildman–Crippen MR) is 101 cm³/mol. The molecule has 0 aromatic heterocycles. The fraction of sp³-hybridized carbons (Fsp3) is 0.316. The molecule has 6 heteroatoms. The van der Waals surface area contributed by atoms with Gasteiger partial charge in [-0.2, -0.15) is 0 Å². The number of rotatable bonds is 6. The molecule has 1 atom stereocenters. The molecule has 0 saturated heterocycles. The van der Waals surface area contributed by atoms with Gasteiger partial charge >= 0.3 is 6.03 Å². The van der Waals surface area contributed by atoms with E-state index in [2.05, 4.69) is 29.7 Å². The summed E-state index contributed by atoms with van der Waals surface area (Å²) in [6.07, 6.45) is 2.16. The Labute approximate surface area is 149 Å². The van der Waals surface area contributed by atoms with Crippen LogP contribution in [0.4, 0.5) is 10.5 Å². The Morgan fingerprint density at radius 2 is 1.76 bits per heavy atom. The number of nitrogens with one attached hydrogen (secondary N) is 2. The van der Waals surface area contributed by atoms with Crippen molar-refractivity contribution in [1.29, 1.82) is 0 Å². The number of hydrogen-bond donors (Lipinski definition) is 2. The molecule has 0 aliphatic carbocycles. The number of sulfone groups is 1. The van der Waals surface area contributed by atoms with Crippen molar-refractivity contribution >= 4 is 21.6 Å². The van der Waals surface area contributed by atoms with E-state index >= 15 is 0 Å². The van der Waals surface area contributed by atoms with Crippen LogP contribution in [-0.4, -0.2) is 20.7 Å². The Balaban J connectivity index is 1.98. The highest BCUT2D eigenvalue weighted by molar-refractivity contribution is 7.89. The summed E-state index contributed by atoms with van der Waals surface area (Å²) in [4.78, 5) is 12.2. The first kappa shape index (κ1) is 19.0. The van der Waals surface area contributed by atoms with Gasteiger partial charge < -0.3 is 10.6 Å². The molecule has 2 rings (SSSR count). The topological polar surface area (TPSA) is 75.3 Å². The van der Waals surface area contributed by atoms with Crippen molar-refractivity contribution in [3.05, 3.63) is 65.2 Å². The minimum absolute atomic E-state index is 0.0513. The second-order valence-electron chi connectivity index (χ2n) is 6.19. The van der Waals surface area contributed by atoms with Gasteiger partial charge in [0.1, 0.15) is 0 Å². The largest absolute Gasteiger partial charge is 0.331 e. The summed E-state index contributed by atoms with van der Waals surface area (Å²) in [5.74, 6) is -0.0513. The van der Waals surface area contributed by atoms with E-state index in [-0.39, 0.29) is 17.8 Å². The number of aryl methyl sites for hydroxylation is 1. The van der Waals surface area contributed by atoms with Crippen LogP contribution in [0.15, 0.2) is 48.5 Å². The normalized spacial score (nSPS) is 12.4. The van der Waals surface area contributed by atoms with Crippen molar-refractivity contribution in [2.75, 3.05) is 11.6 Å². The number of urea groups is 1. The molecule has 0 aliphatic heterocycles. The van der Waals surface area contributed by atoms with Gasteiger partial charge in [-0.05, 0) is 42.2 Å². The third-order valence-electron chi connectivity index (χ3n) is 3.85. The van der Waals surface area contributed by atoms with Crippen molar-refractivity contribution in [2.45, 2.75) is 32.1 Å². The lowest BCUT2D eigenvalue weighted by atomic mass is 10.1. The van der Waals surface area contributed by atoms with Gasteiger partial charge in [-0.25, -0.2) is 13.2 Å². The Morgan fingerprint density at radius 3 is 2.36 bits per heavy atom. The summed E-state index contributed by atoms with van der Waals surface area (Å²) in [5, 5.41) is 5.63. The first-order chi connectivity index (χ1) is 11.8. The predicted octanol–water partition coefficient (Wildman–Crippen LogP) is 3.68. The number of carbonyl (C=O) groups is 1. The van der Waals surface area contributed by atoms with E-state index in [1.807, 2.05) is 19.1 Å². The van der Waals surface area contributed by atoms with Gasteiger partial charge in [-0.15, -0.1) is 0 Å². The SMILES string of the molecule is CCc1ccc(C(C)NC(=O)Nc2cccc(CS(C)(=O)=O)c2)cc1. The van der Waals surface area contributed by atoms with E-state index < -0.39 is 9.84 Å². The maximum atomic E-state index is 12.2. The van der Waals surface area contributed by atoms with E-state index in [0.717, 1.165) is 12.0 Å². The Kier molecular flexibility index (Phi) is 6.20. The highest BCUT2D eigenvalue weighted by Crippen LogP contribution is 2.16. The zero-order valence-electron chi connectivity index (χ0n) is 14.7. The van der Waals surface area contributed by atoms with Crippen molar-refractivity contribution in [2.24, 2.45) is 0 Å². The molecule has 0 radical (unpaired) electrons. The van der Waals surface area contributed by atoms with E-state index in [1.165, 1.54) is 11.8 Å². The molecule has 134 valence electrons. The molecule has 2 aromatic carbocycles. The molecular formula is C19H24N2O3S. The zero-order valence-corrected chi connectivity index (χ0v) is 15.6. The third-order valence-corrected chi connectivity index (χ3v) is 4.71. The maximum absolute atomic E-state index is 12.2. The molecule has 0 saturated carbocycles. The summed E-state index contributed by atoms with van der Waals surface area (Å²) in [6, 6.07) is 14.5. The lowest BCUT2D eigenvalue weighted by Gasteiger charge is -2.16. The number of amides is 2. The van der Waals surface area contributed by atoms with Crippen molar-refractivity contribution < 1.29 is 13.2 Å². The summed E-state index contributed by atoms with van der Waals surface area (Å²) in [5.41, 5.74) is 3.48. The van der Waals surface area contributed by atoms with Crippen LogP contribution < -0.4 is 10.6 Å². The molecule has 0 spiro atoms. The molecule has 0 fully saturated rings. The summed E-state index contributed by atoms with van der Waals surface area (Å²) < 4.78 is 22.8. The van der Waals surface area contributed by atoms with E-state index in [4.69, 9.17) is 0 Å². The highest BCUT2D eigenvalue weighted by atomic mass is 32.2. The van der Waals surface area contributed by atoms with Crippen LogP contribution in [0.25, 0.3) is 0 Å². The smallest absolute Gasteiger partial charge is 0.319 e. The quantitative estimate of drug-likeness (QED) is 0.825. The molecule has 5 nitrogen and oxygen atoms in total. The van der Waals surface area contributed by atoms with Crippen LogP contribution in [0, 0.1) is 0 Å². The van der Waals surface area contributed by atoms with Crippen LogP contribution in [0.5, 0.6) is 0 Å². The lowest BCUT2D eigenvalue weighted by Crippen LogP contribution is -2.31. The minimum Gasteiger partial charge on any atom is -0.331 e. The third kappa shape index (κ3) is 6.23. The molecule has 2 aromatic rings. The molecule has 2 amide bonds. The van der Waals surface area contributed by atoms with Gasteiger partial charge in [0.25, 0.3) is 0 Å². The average Bonchev–Trinajstić information content (AvgIpc) is 2.53. The Hall–Kier alpha value is -2.34. The fourth-order valence-corrected chi connectivity index (χ4v) is 3.32. The number of hydrogen-bond acceptors (Lipinski definition) is 3. The molecule has 0 bridgehead atoms. The van der Waals surface area contributed by atoms with Crippen molar-refractivity contribution in [3.8, 4) is 0 Å². The van der Waals surface area contributed by atoms with Gasteiger partial charge in [-0.1, -0.05) is 43.3 Å². The molecule has 0 aliphatic rings. The Morgan fingerprint density at radius 1 is 1.08 bits per heavy atom. The number of carbonyl (C=O) groups excluding carboxylic acids is 1. The van der Waals surface area contributed by atoms with Crippen LogP contribution in [0.1, 0.15) is 36.6 Å². The first-order valence-electron chi connectivity index (χ1n) is 8.20. The van der Waals surface area contributed by atoms with Crippen LogP contribution in [0.3, 0.4) is 0 Å². The van der Waals surface area contributed by atoms with E-state index in [1.54, 1.807) is 24.3 Å². The zero-order chi connectivity index (χ0) is 18.4. The van der Waals surface area contributed by atoms with Gasteiger partial charge in [0.2, 0.25) is 0 Å². The molecule has 2 N–H and O–H groups in total. The minimum atomic E-state index is -3.11. The standard InChI is InChI=1S/C19H24N2O3S/c1-4-15-8-10-17(11-9-15)14(2)20-19(22)21-18-7-5-6-16(12-18)13-25(3,23)24/h5-12,14H,4,13H2,1-3H3,(H2,20,21,22). The second kappa shape index (κ2) is 8.16. The maximum Gasteiger partial charge on any atom is 0.319 e. The fourth-order valence-electron chi connectivity index (χ4n) is 2.53. The van der Waals surface area contributed by atoms with Crippen molar-refractivity contribution in [1.82, 2.24) is 5.32 Å². The summed E-state index contributed by atoms with van der Waals surface area (Å²) in [7, 11) is -3.11. The van der Waals surface area contributed by atoms with Gasteiger partial charge in [0.15, 0.2) is 9.84 Å².